The molecule has 21 heavy (non-hydrogen) atoms. The van der Waals surface area contributed by atoms with Gasteiger partial charge in [-0.2, -0.15) is 22.0 Å². The minimum Gasteiger partial charge on any atom is -0.477 e. The average molecular weight is 325 g/mol. The lowest BCUT2D eigenvalue weighted by Gasteiger charge is -2.19. The van der Waals surface area contributed by atoms with Crippen molar-refractivity contribution >= 4 is 5.97 Å². The van der Waals surface area contributed by atoms with Gasteiger partial charge in [-0.15, -0.1) is 0 Å². The Morgan fingerprint density at radius 3 is 1.62 bits per heavy atom. The van der Waals surface area contributed by atoms with E-state index in [2.05, 4.69) is 11.8 Å². The minimum atomic E-state index is -6.02. The number of aliphatic carboxylic acids is 1. The molecule has 5 nitrogen and oxygen atoms in total. The van der Waals surface area contributed by atoms with Gasteiger partial charge in [0.25, 0.3) is 0 Å². The molecule has 0 aromatic rings. The van der Waals surface area contributed by atoms with Crippen molar-refractivity contribution in [2.24, 2.45) is 0 Å². The lowest BCUT2D eigenvalue weighted by molar-refractivity contribution is -0.277. The monoisotopic (exact) mass is 325 g/mol. The summed E-state index contributed by atoms with van der Waals surface area (Å²) < 4.78 is 55.5. The number of carbonyl (C=O) groups is 1. The van der Waals surface area contributed by atoms with Gasteiger partial charge < -0.3 is 15.3 Å². The second-order valence-corrected chi connectivity index (χ2v) is 4.02. The number of unbranched alkanes of at least 4 members (excludes halogenated alkanes) is 1. The maximum absolute atomic E-state index is 11.3. The van der Waals surface area contributed by atoms with E-state index in [-0.39, 0.29) is 13.2 Å². The Labute approximate surface area is 119 Å². The molecule has 0 aromatic carbocycles. The molecule has 10 heteroatoms. The number of carboxylic acid groups (broad SMARTS) is 1. The molecule has 0 saturated carbocycles. The highest BCUT2D eigenvalue weighted by Gasteiger charge is 2.64. The molecule has 0 spiro atoms. The molecule has 128 valence electrons. The van der Waals surface area contributed by atoms with Crippen LogP contribution in [-0.4, -0.2) is 71.1 Å². The first-order valence-corrected chi connectivity index (χ1v) is 6.16. The van der Waals surface area contributed by atoms with Gasteiger partial charge in [0, 0.05) is 13.1 Å². The average Bonchev–Trinajstić information content (AvgIpc) is 2.35. The molecule has 0 radical (unpaired) electrons. The Morgan fingerprint density at radius 2 is 1.43 bits per heavy atom. The third-order valence-electron chi connectivity index (χ3n) is 2.28. The Kier molecular flexibility index (Phi) is 11.3. The van der Waals surface area contributed by atoms with Crippen LogP contribution in [0, 0.1) is 0 Å². The summed E-state index contributed by atoms with van der Waals surface area (Å²) in [6, 6.07) is 0. The number of carboxylic acids is 1. The van der Waals surface area contributed by atoms with E-state index in [9.17, 15) is 26.7 Å². The van der Waals surface area contributed by atoms with Gasteiger partial charge in [0.2, 0.25) is 0 Å². The Hall–Kier alpha value is -1.00. The van der Waals surface area contributed by atoms with E-state index in [1.807, 2.05) is 0 Å². The summed E-state index contributed by atoms with van der Waals surface area (Å²) in [6.07, 6.45) is -3.72. The van der Waals surface area contributed by atoms with Crippen LogP contribution in [0.5, 0.6) is 0 Å². The molecular formula is C11H20F5NO4. The molecule has 0 atom stereocenters. The van der Waals surface area contributed by atoms with Crippen molar-refractivity contribution in [3.63, 3.8) is 0 Å². The smallest absolute Gasteiger partial charge is 0.465 e. The zero-order chi connectivity index (χ0) is 17.1. The fraction of sp³-hybridized carbons (Fsp3) is 0.909. The lowest BCUT2D eigenvalue weighted by Crippen LogP contribution is -2.43. The summed E-state index contributed by atoms with van der Waals surface area (Å²) >= 11 is 0. The number of alkyl halides is 5. The predicted molar refractivity (Wildman–Crippen MR) is 64.2 cm³/mol. The topological polar surface area (TPSA) is 81.0 Å². The molecule has 0 fully saturated rings. The van der Waals surface area contributed by atoms with Crippen molar-refractivity contribution < 1.29 is 42.1 Å². The van der Waals surface area contributed by atoms with Crippen molar-refractivity contribution in [2.75, 3.05) is 32.8 Å². The van der Waals surface area contributed by atoms with Crippen molar-refractivity contribution in [3.05, 3.63) is 0 Å². The number of aliphatic hydroxyl groups excluding tert-OH is 2. The van der Waals surface area contributed by atoms with Crippen molar-refractivity contribution in [2.45, 2.75) is 31.9 Å². The minimum absolute atomic E-state index is 0.184. The number of nitrogens with zero attached hydrogens (tertiary/aromatic N) is 1. The third kappa shape index (κ3) is 9.53. The van der Waals surface area contributed by atoms with Crippen molar-refractivity contribution in [3.8, 4) is 0 Å². The second-order valence-electron chi connectivity index (χ2n) is 4.02. The fourth-order valence-corrected chi connectivity index (χ4v) is 1.12. The van der Waals surface area contributed by atoms with Crippen molar-refractivity contribution in [1.82, 2.24) is 4.90 Å². The zero-order valence-electron chi connectivity index (χ0n) is 11.5. The normalized spacial score (nSPS) is 12.0. The highest BCUT2D eigenvalue weighted by Crippen LogP contribution is 2.35. The molecule has 3 N–H and O–H groups in total. The molecule has 0 aliphatic heterocycles. The Morgan fingerprint density at radius 1 is 1.00 bits per heavy atom. The molecule has 0 aromatic heterocycles. The van der Waals surface area contributed by atoms with Gasteiger partial charge in [-0.3, -0.25) is 4.90 Å². The molecule has 0 amide bonds. The molecule has 0 unspecified atom stereocenters. The zero-order valence-corrected chi connectivity index (χ0v) is 11.5. The van der Waals surface area contributed by atoms with Crippen LogP contribution in [0.1, 0.15) is 19.8 Å². The lowest BCUT2D eigenvalue weighted by atomic mass is 10.3. The maximum Gasteiger partial charge on any atom is 0.465 e. The molecule has 0 bridgehead atoms. The number of aliphatic hydroxyl groups is 2. The van der Waals surface area contributed by atoms with E-state index in [0.29, 0.717) is 13.1 Å². The predicted octanol–water partition coefficient (Wildman–Crippen LogP) is 1.34. The first-order chi connectivity index (χ1) is 9.54. The van der Waals surface area contributed by atoms with Crippen LogP contribution in [-0.2, 0) is 4.79 Å². The highest BCUT2D eigenvalue weighted by molar-refractivity contribution is 5.76. The number of hydrogen-bond acceptors (Lipinski definition) is 4. The Balaban J connectivity index is 0. The van der Waals surface area contributed by atoms with Gasteiger partial charge in [0.15, 0.2) is 0 Å². The first kappa shape index (κ1) is 22.3. The van der Waals surface area contributed by atoms with Crippen molar-refractivity contribution in [1.29, 1.82) is 0 Å². The van der Waals surface area contributed by atoms with Gasteiger partial charge in [0.05, 0.1) is 13.2 Å². The van der Waals surface area contributed by atoms with E-state index in [1.165, 1.54) is 0 Å². The summed E-state index contributed by atoms with van der Waals surface area (Å²) in [5.41, 5.74) is 0. The van der Waals surface area contributed by atoms with Crippen LogP contribution >= 0.6 is 0 Å². The molecule has 0 saturated heterocycles. The van der Waals surface area contributed by atoms with Crippen LogP contribution in [0.15, 0.2) is 0 Å². The van der Waals surface area contributed by atoms with Crippen LogP contribution in [0.3, 0.4) is 0 Å². The fourth-order valence-electron chi connectivity index (χ4n) is 1.12. The van der Waals surface area contributed by atoms with Crippen LogP contribution in [0.4, 0.5) is 22.0 Å². The quantitative estimate of drug-likeness (QED) is 0.587. The molecule has 0 heterocycles. The molecule has 0 aliphatic rings. The maximum atomic E-state index is 11.3. The van der Waals surface area contributed by atoms with Crippen LogP contribution in [0.2, 0.25) is 0 Å². The Bertz CT molecular complexity index is 280. The van der Waals surface area contributed by atoms with E-state index >= 15 is 0 Å². The summed E-state index contributed by atoms with van der Waals surface area (Å²) in [5.74, 6) is -8.84. The number of halogens is 5. The van der Waals surface area contributed by atoms with E-state index in [1.54, 1.807) is 0 Å². The summed E-state index contributed by atoms with van der Waals surface area (Å²) in [5, 5.41) is 24.6. The van der Waals surface area contributed by atoms with Gasteiger partial charge in [0.1, 0.15) is 0 Å². The van der Waals surface area contributed by atoms with Crippen LogP contribution < -0.4 is 0 Å². The van der Waals surface area contributed by atoms with E-state index in [4.69, 9.17) is 15.3 Å². The van der Waals surface area contributed by atoms with Crippen LogP contribution in [0.25, 0.3) is 0 Å². The number of hydrogen-bond donors (Lipinski definition) is 3. The molecule has 0 aliphatic carbocycles. The van der Waals surface area contributed by atoms with Gasteiger partial charge >= 0.3 is 18.1 Å². The van der Waals surface area contributed by atoms with E-state index < -0.39 is 18.1 Å². The summed E-state index contributed by atoms with van der Waals surface area (Å²) in [6.45, 7) is 4.85. The number of rotatable bonds is 8. The standard InChI is InChI=1S/C8H19NO2.C3HF5O2/c1-2-3-4-9(5-7-10)6-8-11;4-2(5,1(9)10)3(6,7)8/h10-11H,2-8H2,1H3;(H,9,10). The first-order valence-electron chi connectivity index (χ1n) is 6.16. The van der Waals surface area contributed by atoms with Gasteiger partial charge in [-0.1, -0.05) is 13.3 Å². The second kappa shape index (κ2) is 10.7. The summed E-state index contributed by atoms with van der Waals surface area (Å²) in [7, 11) is 0. The van der Waals surface area contributed by atoms with Gasteiger partial charge in [-0.25, -0.2) is 4.79 Å². The summed E-state index contributed by atoms with van der Waals surface area (Å²) in [4.78, 5) is 11.3. The third-order valence-corrected chi connectivity index (χ3v) is 2.28. The molecular weight excluding hydrogens is 305 g/mol. The molecule has 0 rings (SSSR count). The van der Waals surface area contributed by atoms with Gasteiger partial charge in [-0.05, 0) is 13.0 Å². The SMILES string of the molecule is CCCCN(CCO)CCO.O=C(O)C(F)(F)C(F)(F)F. The highest BCUT2D eigenvalue weighted by atomic mass is 19.4. The largest absolute Gasteiger partial charge is 0.477 e. The van der Waals surface area contributed by atoms with E-state index in [0.717, 1.165) is 19.4 Å².